The molecule has 1 atom stereocenters. The number of hydrogen-bond acceptors (Lipinski definition) is 5. The maximum absolute atomic E-state index is 11.2. The molecule has 1 N–H and O–H groups in total. The standard InChI is InChI=1S/C13H19NO5S/c1-9(15)14-11(8-18-2)6-10-4-5-12(19-3)13(7-10)20(16)17/h4-5,7,11,20H,6,8H2,1-3H3,(H,14,15)/t11-/m0/s1. The summed E-state index contributed by atoms with van der Waals surface area (Å²) >= 11 is 0. The molecule has 0 radical (unpaired) electrons. The van der Waals surface area contributed by atoms with Crippen LogP contribution in [0.3, 0.4) is 0 Å². The van der Waals surface area contributed by atoms with E-state index in [2.05, 4.69) is 5.32 Å². The van der Waals surface area contributed by atoms with Gasteiger partial charge in [0.1, 0.15) is 10.6 Å². The molecule has 0 saturated heterocycles. The first-order valence-electron chi connectivity index (χ1n) is 6.05. The third-order valence-electron chi connectivity index (χ3n) is 2.70. The van der Waals surface area contributed by atoms with Crippen LogP contribution in [0.15, 0.2) is 23.1 Å². The zero-order chi connectivity index (χ0) is 15.1. The molecule has 112 valence electrons. The summed E-state index contributed by atoms with van der Waals surface area (Å²) < 4.78 is 32.4. The number of carbonyl (C=O) groups excluding carboxylic acids is 1. The van der Waals surface area contributed by atoms with E-state index in [-0.39, 0.29) is 16.8 Å². The van der Waals surface area contributed by atoms with Gasteiger partial charge in [-0.2, -0.15) is 0 Å². The van der Waals surface area contributed by atoms with Gasteiger partial charge in [-0.05, 0) is 24.1 Å². The lowest BCUT2D eigenvalue weighted by Gasteiger charge is -2.17. The number of thiol groups is 1. The van der Waals surface area contributed by atoms with Crippen LogP contribution in [0.4, 0.5) is 0 Å². The van der Waals surface area contributed by atoms with Crippen LogP contribution >= 0.6 is 0 Å². The van der Waals surface area contributed by atoms with Crippen LogP contribution in [-0.4, -0.2) is 41.2 Å². The van der Waals surface area contributed by atoms with Crippen LogP contribution in [0.25, 0.3) is 0 Å². The van der Waals surface area contributed by atoms with Crippen molar-refractivity contribution in [1.29, 1.82) is 0 Å². The smallest absolute Gasteiger partial charge is 0.217 e. The van der Waals surface area contributed by atoms with Gasteiger partial charge in [0.2, 0.25) is 5.91 Å². The minimum Gasteiger partial charge on any atom is -0.495 e. The number of hydrogen-bond donors (Lipinski definition) is 2. The van der Waals surface area contributed by atoms with Gasteiger partial charge in [0.25, 0.3) is 0 Å². The minimum absolute atomic E-state index is 0.138. The second-order valence-electron chi connectivity index (χ2n) is 4.32. The summed E-state index contributed by atoms with van der Waals surface area (Å²) in [6.45, 7) is 1.78. The zero-order valence-electron chi connectivity index (χ0n) is 11.7. The highest BCUT2D eigenvalue weighted by atomic mass is 32.2. The second-order valence-corrected chi connectivity index (χ2v) is 5.32. The summed E-state index contributed by atoms with van der Waals surface area (Å²) in [7, 11) is 0.232. The van der Waals surface area contributed by atoms with E-state index >= 15 is 0 Å². The Bertz CT molecular complexity index is 534. The third-order valence-corrected chi connectivity index (χ3v) is 3.44. The Morgan fingerprint density at radius 3 is 2.55 bits per heavy atom. The van der Waals surface area contributed by atoms with Crippen molar-refractivity contribution in [2.24, 2.45) is 0 Å². The molecule has 6 nitrogen and oxygen atoms in total. The molecule has 0 aromatic heterocycles. The molecule has 1 aromatic carbocycles. The quantitative estimate of drug-likeness (QED) is 0.711. The fourth-order valence-electron chi connectivity index (χ4n) is 1.93. The fourth-order valence-corrected chi connectivity index (χ4v) is 2.55. The molecule has 0 spiro atoms. The number of carbonyl (C=O) groups is 1. The van der Waals surface area contributed by atoms with Crippen molar-refractivity contribution >= 4 is 16.6 Å². The van der Waals surface area contributed by atoms with E-state index in [1.165, 1.54) is 14.0 Å². The molecule has 0 aliphatic carbocycles. The van der Waals surface area contributed by atoms with Crippen molar-refractivity contribution in [2.75, 3.05) is 20.8 Å². The summed E-state index contributed by atoms with van der Waals surface area (Å²) in [6, 6.07) is 4.72. The molecular formula is C13H19NO5S. The molecule has 0 heterocycles. The van der Waals surface area contributed by atoms with Gasteiger partial charge in [-0.1, -0.05) is 6.07 Å². The fraction of sp³-hybridized carbons (Fsp3) is 0.462. The largest absolute Gasteiger partial charge is 0.495 e. The average Bonchev–Trinajstić information content (AvgIpc) is 2.38. The third kappa shape index (κ3) is 4.82. The lowest BCUT2D eigenvalue weighted by Crippen LogP contribution is -2.38. The van der Waals surface area contributed by atoms with E-state index in [1.54, 1.807) is 25.3 Å². The molecule has 0 aliphatic heterocycles. The Morgan fingerprint density at radius 2 is 2.05 bits per heavy atom. The normalized spacial score (nSPS) is 12.2. The van der Waals surface area contributed by atoms with Gasteiger partial charge in [-0.15, -0.1) is 0 Å². The van der Waals surface area contributed by atoms with Crippen LogP contribution in [0, 0.1) is 0 Å². The van der Waals surface area contributed by atoms with Crippen LogP contribution in [0.5, 0.6) is 5.75 Å². The van der Waals surface area contributed by atoms with Gasteiger partial charge >= 0.3 is 0 Å². The Kier molecular flexibility index (Phi) is 6.47. The molecule has 7 heteroatoms. The molecular weight excluding hydrogens is 282 g/mol. The highest BCUT2D eigenvalue weighted by molar-refractivity contribution is 7.72. The first-order chi connectivity index (χ1) is 9.47. The van der Waals surface area contributed by atoms with Gasteiger partial charge in [-0.3, -0.25) is 4.79 Å². The molecule has 0 saturated carbocycles. The highest BCUT2D eigenvalue weighted by Crippen LogP contribution is 2.21. The van der Waals surface area contributed by atoms with Crippen molar-refractivity contribution in [3.8, 4) is 5.75 Å². The van der Waals surface area contributed by atoms with Crippen LogP contribution in [-0.2, 0) is 26.7 Å². The van der Waals surface area contributed by atoms with Crippen molar-refractivity contribution in [3.05, 3.63) is 23.8 Å². The van der Waals surface area contributed by atoms with E-state index in [4.69, 9.17) is 9.47 Å². The Labute approximate surface area is 120 Å². The number of nitrogens with one attached hydrogen (secondary N) is 1. The molecule has 0 fully saturated rings. The minimum atomic E-state index is -2.73. The lowest BCUT2D eigenvalue weighted by atomic mass is 10.1. The van der Waals surface area contributed by atoms with Gasteiger partial charge in [0, 0.05) is 14.0 Å². The number of amides is 1. The van der Waals surface area contributed by atoms with Crippen molar-refractivity contribution in [2.45, 2.75) is 24.3 Å². The molecule has 1 amide bonds. The topological polar surface area (TPSA) is 81.7 Å². The van der Waals surface area contributed by atoms with E-state index in [0.717, 1.165) is 5.56 Å². The van der Waals surface area contributed by atoms with Crippen LogP contribution in [0.1, 0.15) is 12.5 Å². The van der Waals surface area contributed by atoms with Crippen molar-refractivity contribution < 1.29 is 22.7 Å². The molecule has 1 aromatic rings. The van der Waals surface area contributed by atoms with Crippen LogP contribution in [0.2, 0.25) is 0 Å². The van der Waals surface area contributed by atoms with Crippen molar-refractivity contribution in [3.63, 3.8) is 0 Å². The number of methoxy groups -OCH3 is 2. The highest BCUT2D eigenvalue weighted by Gasteiger charge is 2.13. The summed E-state index contributed by atoms with van der Waals surface area (Å²) in [5.74, 6) is 0.156. The first kappa shape index (κ1) is 16.5. The molecule has 0 bridgehead atoms. The predicted octanol–water partition coefficient (Wildman–Crippen LogP) is 0.359. The molecule has 20 heavy (non-hydrogen) atoms. The van der Waals surface area contributed by atoms with Gasteiger partial charge in [-0.25, -0.2) is 8.42 Å². The summed E-state index contributed by atoms with van der Waals surface area (Å²) in [5, 5.41) is 2.76. The number of ether oxygens (including phenoxy) is 2. The van der Waals surface area contributed by atoms with Crippen molar-refractivity contribution in [1.82, 2.24) is 5.32 Å². The monoisotopic (exact) mass is 301 g/mol. The van der Waals surface area contributed by atoms with E-state index < -0.39 is 10.7 Å². The first-order valence-corrected chi connectivity index (χ1v) is 7.23. The maximum atomic E-state index is 11.2. The lowest BCUT2D eigenvalue weighted by molar-refractivity contribution is -0.120. The summed E-state index contributed by atoms with van der Waals surface area (Å²) in [5.41, 5.74) is 0.788. The van der Waals surface area contributed by atoms with E-state index in [9.17, 15) is 13.2 Å². The van der Waals surface area contributed by atoms with Gasteiger partial charge in [0.05, 0.1) is 19.8 Å². The Balaban J connectivity index is 2.95. The number of benzene rings is 1. The maximum Gasteiger partial charge on any atom is 0.217 e. The number of rotatable bonds is 7. The zero-order valence-corrected chi connectivity index (χ0v) is 12.6. The van der Waals surface area contributed by atoms with Gasteiger partial charge in [0.15, 0.2) is 10.7 Å². The van der Waals surface area contributed by atoms with Crippen LogP contribution < -0.4 is 10.1 Å². The molecule has 0 unspecified atom stereocenters. The average molecular weight is 301 g/mol. The van der Waals surface area contributed by atoms with E-state index in [1.807, 2.05) is 0 Å². The Morgan fingerprint density at radius 1 is 1.35 bits per heavy atom. The van der Waals surface area contributed by atoms with Gasteiger partial charge < -0.3 is 14.8 Å². The SMILES string of the molecule is COC[C@H](Cc1ccc(OC)c([SH](=O)=O)c1)NC(C)=O. The summed E-state index contributed by atoms with van der Waals surface area (Å²) in [4.78, 5) is 11.2. The Hall–Kier alpha value is -1.60. The summed E-state index contributed by atoms with van der Waals surface area (Å²) in [6.07, 6.45) is 0.480. The second kappa shape index (κ2) is 7.86. The molecule has 1 rings (SSSR count). The molecule has 0 aliphatic rings. The van der Waals surface area contributed by atoms with E-state index in [0.29, 0.717) is 18.8 Å². The predicted molar refractivity (Wildman–Crippen MR) is 74.8 cm³/mol.